The fourth-order valence-corrected chi connectivity index (χ4v) is 2.84. The van der Waals surface area contributed by atoms with Gasteiger partial charge in [0.25, 0.3) is 0 Å². The number of hydrogen-bond acceptors (Lipinski definition) is 3. The van der Waals surface area contributed by atoms with Crippen LogP contribution in [0.1, 0.15) is 0 Å². The number of imidazole rings is 1. The highest BCUT2D eigenvalue weighted by Gasteiger charge is 2.11. The highest BCUT2D eigenvalue weighted by molar-refractivity contribution is 7.89. The zero-order valence-corrected chi connectivity index (χ0v) is 9.02. The minimum absolute atomic E-state index is 0.203. The number of benzene rings is 1. The zero-order chi connectivity index (χ0) is 10.3. The van der Waals surface area contributed by atoms with Gasteiger partial charge in [0, 0.05) is 0 Å². The van der Waals surface area contributed by atoms with Gasteiger partial charge >= 0.3 is 0 Å². The van der Waals surface area contributed by atoms with Crippen LogP contribution in [0.2, 0.25) is 0 Å². The number of hydrogen-bond donors (Lipinski definition) is 1. The van der Waals surface area contributed by atoms with Gasteiger partial charge in [-0.2, -0.15) is 0 Å². The molecule has 0 spiro atoms. The molecule has 0 aliphatic rings. The topological polar surface area (TPSA) is 54.9 Å². The summed E-state index contributed by atoms with van der Waals surface area (Å²) in [6.45, 7) is 0. The van der Waals surface area contributed by atoms with Gasteiger partial charge in [-0.05, 0) is 24.4 Å². The van der Waals surface area contributed by atoms with Crippen LogP contribution in [0.4, 0.5) is 0 Å². The van der Waals surface area contributed by atoms with Crippen molar-refractivity contribution in [3.8, 4) is 0 Å². The predicted molar refractivity (Wildman–Crippen MR) is 57.4 cm³/mol. The van der Waals surface area contributed by atoms with Crippen molar-refractivity contribution in [2.45, 2.75) is 0 Å². The van der Waals surface area contributed by atoms with Gasteiger partial charge in [-0.1, -0.05) is 12.1 Å². The average Bonchev–Trinajstić information content (AvgIpc) is 2.38. The fraction of sp³-hybridized carbons (Fsp3) is 0.125. The van der Waals surface area contributed by atoms with Gasteiger partial charge in [0.05, 0.1) is 17.3 Å². The van der Waals surface area contributed by atoms with E-state index >= 15 is 0 Å². The summed E-state index contributed by atoms with van der Waals surface area (Å²) in [6, 6.07) is 7.09. The second-order valence-corrected chi connectivity index (χ2v) is 5.19. The third-order valence-electron chi connectivity index (χ3n) is 1.88. The smallest absolute Gasteiger partial charge is 0.238 e. The third kappa shape index (κ3) is 1.36. The maximum atomic E-state index is 11.4. The number of nitrogens with one attached hydrogen (secondary N) is 1. The Bertz CT molecular complexity index is 637. The van der Waals surface area contributed by atoms with Crippen molar-refractivity contribution in [3.05, 3.63) is 29.0 Å². The number of nitrogens with zero attached hydrogens (tertiary/aromatic N) is 1. The molecule has 6 heteroatoms. The van der Waals surface area contributed by atoms with E-state index in [0.29, 0.717) is 5.52 Å². The van der Waals surface area contributed by atoms with Crippen LogP contribution in [0.5, 0.6) is 0 Å². The highest BCUT2D eigenvalue weighted by atomic mass is 32.2. The van der Waals surface area contributed by atoms with E-state index in [9.17, 15) is 8.42 Å². The van der Waals surface area contributed by atoms with Crippen molar-refractivity contribution in [1.29, 1.82) is 0 Å². The molecule has 2 aromatic rings. The van der Waals surface area contributed by atoms with Gasteiger partial charge in [0.2, 0.25) is 10.0 Å². The molecule has 1 aromatic heterocycles. The Hall–Kier alpha value is -1.14. The Balaban J connectivity index is 3.03. The molecule has 0 aliphatic heterocycles. The van der Waals surface area contributed by atoms with Gasteiger partial charge in [0.15, 0.2) is 4.77 Å². The second kappa shape index (κ2) is 2.93. The molecule has 0 atom stereocenters. The molecule has 1 N–H and O–H groups in total. The van der Waals surface area contributed by atoms with E-state index < -0.39 is 10.0 Å². The fourth-order valence-electron chi connectivity index (χ4n) is 1.36. The maximum absolute atomic E-state index is 11.4. The minimum Gasteiger partial charge on any atom is -0.330 e. The second-order valence-electron chi connectivity index (χ2n) is 2.97. The molecule has 0 amide bonds. The quantitative estimate of drug-likeness (QED) is 0.753. The van der Waals surface area contributed by atoms with E-state index in [4.69, 9.17) is 12.2 Å². The van der Waals surface area contributed by atoms with Crippen molar-refractivity contribution < 1.29 is 8.42 Å². The first-order valence-electron chi connectivity index (χ1n) is 3.90. The van der Waals surface area contributed by atoms with Gasteiger partial charge in [-0.25, -0.2) is 12.4 Å². The number of aromatic amines is 1. The Kier molecular flexibility index (Phi) is 1.97. The lowest BCUT2D eigenvalue weighted by molar-refractivity contribution is 0.594. The van der Waals surface area contributed by atoms with Gasteiger partial charge in [-0.15, -0.1) is 0 Å². The predicted octanol–water partition coefficient (Wildman–Crippen LogP) is 1.51. The summed E-state index contributed by atoms with van der Waals surface area (Å²) in [7, 11) is -3.34. The van der Waals surface area contributed by atoms with E-state index in [-0.39, 0.29) is 4.77 Å². The molecule has 74 valence electrons. The summed E-state index contributed by atoms with van der Waals surface area (Å²) in [6.07, 6.45) is 1.13. The zero-order valence-electron chi connectivity index (χ0n) is 7.39. The van der Waals surface area contributed by atoms with Crippen LogP contribution in [-0.4, -0.2) is 23.6 Å². The van der Waals surface area contributed by atoms with E-state index in [0.717, 1.165) is 15.7 Å². The van der Waals surface area contributed by atoms with Crippen molar-refractivity contribution >= 4 is 33.3 Å². The number of para-hydroxylation sites is 2. The Morgan fingerprint density at radius 2 is 2.00 bits per heavy atom. The molecule has 14 heavy (non-hydrogen) atoms. The summed E-state index contributed by atoms with van der Waals surface area (Å²) < 4.78 is 24.1. The van der Waals surface area contributed by atoms with Crippen LogP contribution in [0.15, 0.2) is 24.3 Å². The van der Waals surface area contributed by atoms with E-state index in [2.05, 4.69) is 4.98 Å². The van der Waals surface area contributed by atoms with Gasteiger partial charge in [-0.3, -0.25) is 0 Å². The Labute approximate surface area is 86.2 Å². The van der Waals surface area contributed by atoms with Gasteiger partial charge < -0.3 is 4.98 Å². The van der Waals surface area contributed by atoms with Crippen LogP contribution in [0.3, 0.4) is 0 Å². The molecule has 0 aliphatic carbocycles. The monoisotopic (exact) mass is 228 g/mol. The molecule has 0 fully saturated rings. The van der Waals surface area contributed by atoms with Crippen LogP contribution < -0.4 is 0 Å². The molecule has 2 rings (SSSR count). The molecule has 0 bridgehead atoms. The normalized spacial score (nSPS) is 12.1. The average molecular weight is 228 g/mol. The number of aromatic nitrogens is 2. The minimum atomic E-state index is -3.34. The summed E-state index contributed by atoms with van der Waals surface area (Å²) in [4.78, 5) is 2.83. The van der Waals surface area contributed by atoms with Crippen LogP contribution in [-0.2, 0) is 10.0 Å². The van der Waals surface area contributed by atoms with Crippen molar-refractivity contribution in [2.75, 3.05) is 6.26 Å². The molecule has 1 heterocycles. The standard InChI is InChI=1S/C8H8N2O2S2/c1-14(11,12)10-7-5-3-2-4-6(7)9-8(10)13/h2-5H,1H3,(H,9,13). The molecule has 0 saturated carbocycles. The van der Waals surface area contributed by atoms with Crippen molar-refractivity contribution in [1.82, 2.24) is 8.96 Å². The highest BCUT2D eigenvalue weighted by Crippen LogP contribution is 2.14. The molecular formula is C8H8N2O2S2. The summed E-state index contributed by atoms with van der Waals surface area (Å²) in [5, 5.41) is 0. The summed E-state index contributed by atoms with van der Waals surface area (Å²) in [5.74, 6) is 0. The van der Waals surface area contributed by atoms with E-state index in [1.165, 1.54) is 0 Å². The first-order chi connectivity index (χ1) is 6.50. The molecule has 1 aromatic carbocycles. The van der Waals surface area contributed by atoms with E-state index in [1.54, 1.807) is 18.2 Å². The number of fused-ring (bicyclic) bond motifs is 1. The third-order valence-corrected chi connectivity index (χ3v) is 3.32. The molecular weight excluding hydrogens is 220 g/mol. The van der Waals surface area contributed by atoms with Crippen molar-refractivity contribution in [3.63, 3.8) is 0 Å². The van der Waals surface area contributed by atoms with E-state index in [1.807, 2.05) is 6.07 Å². The first kappa shape index (κ1) is 9.42. The number of rotatable bonds is 1. The Morgan fingerprint density at radius 1 is 1.36 bits per heavy atom. The Morgan fingerprint density at radius 3 is 2.64 bits per heavy atom. The molecule has 4 nitrogen and oxygen atoms in total. The summed E-state index contributed by atoms with van der Waals surface area (Å²) in [5.41, 5.74) is 1.31. The molecule has 0 unspecified atom stereocenters. The van der Waals surface area contributed by atoms with Crippen LogP contribution in [0, 0.1) is 4.77 Å². The van der Waals surface area contributed by atoms with Crippen LogP contribution >= 0.6 is 12.2 Å². The lowest BCUT2D eigenvalue weighted by Gasteiger charge is -1.99. The first-order valence-corrected chi connectivity index (χ1v) is 6.16. The SMILES string of the molecule is CS(=O)(=O)n1c(=S)[nH]c2ccccc21. The number of H-pyrrole nitrogens is 1. The molecule has 0 radical (unpaired) electrons. The van der Waals surface area contributed by atoms with Gasteiger partial charge in [0.1, 0.15) is 0 Å². The lowest BCUT2D eigenvalue weighted by atomic mass is 10.3. The lowest BCUT2D eigenvalue weighted by Crippen LogP contribution is -2.09. The molecule has 0 saturated heterocycles. The van der Waals surface area contributed by atoms with Crippen LogP contribution in [0.25, 0.3) is 11.0 Å². The largest absolute Gasteiger partial charge is 0.330 e. The maximum Gasteiger partial charge on any atom is 0.238 e. The van der Waals surface area contributed by atoms with Crippen molar-refractivity contribution in [2.24, 2.45) is 0 Å². The summed E-state index contributed by atoms with van der Waals surface area (Å²) >= 11 is 4.93.